The molecule has 0 fully saturated rings. The third-order valence-corrected chi connectivity index (χ3v) is 4.94. The first-order valence-electron chi connectivity index (χ1n) is 8.21. The van der Waals surface area contributed by atoms with E-state index in [1.54, 1.807) is 36.4 Å². The van der Waals surface area contributed by atoms with Crippen LogP contribution < -0.4 is 10.6 Å². The molecule has 136 valence electrons. The summed E-state index contributed by atoms with van der Waals surface area (Å²) in [5.41, 5.74) is 1.88. The van der Waals surface area contributed by atoms with Crippen molar-refractivity contribution in [2.45, 2.75) is 5.92 Å². The molecular weight excluding hydrogens is 472 g/mol. The van der Waals surface area contributed by atoms with Crippen LogP contribution in [0.1, 0.15) is 11.5 Å². The van der Waals surface area contributed by atoms with E-state index < -0.39 is 17.7 Å². The van der Waals surface area contributed by atoms with Crippen LogP contribution in [0.15, 0.2) is 87.8 Å². The summed E-state index contributed by atoms with van der Waals surface area (Å²) in [4.78, 5) is 25.8. The maximum atomic E-state index is 12.9. The minimum absolute atomic E-state index is 0.391. The fraction of sp³-hybridized carbons (Fsp3) is 0.0476. The minimum atomic E-state index is -0.974. The second-order valence-electron chi connectivity index (χ2n) is 5.84. The van der Waals surface area contributed by atoms with E-state index in [1.807, 2.05) is 42.5 Å². The summed E-state index contributed by atoms with van der Waals surface area (Å²) in [5.74, 6) is -1.75. The number of hydrogen-bond donors (Lipinski definition) is 2. The first kappa shape index (κ1) is 19.3. The Bertz CT molecular complexity index is 867. The number of anilines is 2. The second kappa shape index (κ2) is 8.97. The van der Waals surface area contributed by atoms with Crippen molar-refractivity contribution in [3.05, 3.63) is 93.4 Å². The predicted molar refractivity (Wildman–Crippen MR) is 115 cm³/mol. The first-order valence-corrected chi connectivity index (χ1v) is 9.79. The Labute approximate surface area is 174 Å². The van der Waals surface area contributed by atoms with Gasteiger partial charge in [-0.05, 0) is 54.1 Å². The third kappa shape index (κ3) is 5.28. The lowest BCUT2D eigenvalue weighted by molar-refractivity contribution is -0.125. The molecule has 2 N–H and O–H groups in total. The molecule has 3 aromatic rings. The van der Waals surface area contributed by atoms with Crippen molar-refractivity contribution in [3.63, 3.8) is 0 Å². The number of rotatable bonds is 5. The summed E-state index contributed by atoms with van der Waals surface area (Å²) in [6.07, 6.45) is 0. The van der Waals surface area contributed by atoms with Crippen molar-refractivity contribution in [1.82, 2.24) is 0 Å². The molecule has 0 aromatic heterocycles. The van der Waals surface area contributed by atoms with Gasteiger partial charge in [-0.1, -0.05) is 62.2 Å². The van der Waals surface area contributed by atoms with Crippen LogP contribution in [0, 0.1) is 0 Å². The zero-order valence-corrected chi connectivity index (χ0v) is 17.3. The Hall–Kier alpha value is -2.44. The number of amides is 2. The second-order valence-corrected chi connectivity index (χ2v) is 7.67. The van der Waals surface area contributed by atoms with Crippen LogP contribution in [0.2, 0.25) is 0 Å². The molecule has 0 saturated heterocycles. The molecule has 6 heteroatoms. The average Bonchev–Trinajstić information content (AvgIpc) is 2.66. The van der Waals surface area contributed by atoms with Crippen molar-refractivity contribution in [1.29, 1.82) is 0 Å². The van der Waals surface area contributed by atoms with Gasteiger partial charge >= 0.3 is 0 Å². The average molecular weight is 488 g/mol. The van der Waals surface area contributed by atoms with Gasteiger partial charge in [0, 0.05) is 20.3 Å². The predicted octanol–water partition coefficient (Wildman–Crippen LogP) is 5.57. The summed E-state index contributed by atoms with van der Waals surface area (Å²) in [7, 11) is 0. The highest BCUT2D eigenvalue weighted by molar-refractivity contribution is 9.10. The maximum absolute atomic E-state index is 12.9. The largest absolute Gasteiger partial charge is 0.325 e. The first-order chi connectivity index (χ1) is 13.0. The molecule has 0 atom stereocenters. The van der Waals surface area contributed by atoms with Gasteiger partial charge in [0.2, 0.25) is 11.8 Å². The zero-order valence-electron chi connectivity index (χ0n) is 14.2. The number of halogens is 2. The molecule has 0 aliphatic carbocycles. The Morgan fingerprint density at radius 1 is 0.630 bits per heavy atom. The van der Waals surface area contributed by atoms with Crippen molar-refractivity contribution < 1.29 is 9.59 Å². The normalized spacial score (nSPS) is 10.5. The minimum Gasteiger partial charge on any atom is -0.325 e. The lowest BCUT2D eigenvalue weighted by Crippen LogP contribution is -2.32. The van der Waals surface area contributed by atoms with Gasteiger partial charge in [-0.3, -0.25) is 9.59 Å². The summed E-state index contributed by atoms with van der Waals surface area (Å²) in [6.45, 7) is 0. The van der Waals surface area contributed by atoms with Crippen LogP contribution in [-0.2, 0) is 9.59 Å². The summed E-state index contributed by atoms with van der Waals surface area (Å²) >= 11 is 6.72. The highest BCUT2D eigenvalue weighted by atomic mass is 79.9. The monoisotopic (exact) mass is 486 g/mol. The Morgan fingerprint density at radius 3 is 1.44 bits per heavy atom. The molecule has 0 saturated carbocycles. The van der Waals surface area contributed by atoms with Gasteiger partial charge in [0.15, 0.2) is 0 Å². The van der Waals surface area contributed by atoms with Gasteiger partial charge in [0.05, 0.1) is 0 Å². The number of carbonyl (C=O) groups excluding carboxylic acids is 2. The lowest BCUT2D eigenvalue weighted by Gasteiger charge is -2.17. The number of hydrogen-bond acceptors (Lipinski definition) is 2. The van der Waals surface area contributed by atoms with E-state index >= 15 is 0 Å². The molecule has 0 aliphatic heterocycles. The lowest BCUT2D eigenvalue weighted by atomic mass is 9.97. The standard InChI is InChI=1S/C21H16Br2N2O2/c22-15-6-10-17(11-7-15)24-20(26)19(14-4-2-1-3-5-14)21(27)25-18-12-8-16(23)9-13-18/h1-13,19H,(H,24,26)(H,25,27). The van der Waals surface area contributed by atoms with Crippen molar-refractivity contribution in [3.8, 4) is 0 Å². The highest BCUT2D eigenvalue weighted by Crippen LogP contribution is 2.22. The maximum Gasteiger partial charge on any atom is 0.241 e. The van der Waals surface area contributed by atoms with Gasteiger partial charge < -0.3 is 10.6 Å². The van der Waals surface area contributed by atoms with E-state index in [9.17, 15) is 9.59 Å². The molecule has 0 heterocycles. The smallest absolute Gasteiger partial charge is 0.241 e. The van der Waals surface area contributed by atoms with E-state index in [2.05, 4.69) is 42.5 Å². The molecule has 3 aromatic carbocycles. The molecule has 3 rings (SSSR count). The van der Waals surface area contributed by atoms with E-state index in [0.29, 0.717) is 16.9 Å². The van der Waals surface area contributed by atoms with Crippen molar-refractivity contribution in [2.24, 2.45) is 0 Å². The Balaban J connectivity index is 1.84. The van der Waals surface area contributed by atoms with Crippen molar-refractivity contribution in [2.75, 3.05) is 10.6 Å². The molecule has 0 spiro atoms. The molecule has 0 radical (unpaired) electrons. The molecule has 0 unspecified atom stereocenters. The SMILES string of the molecule is O=C(Nc1ccc(Br)cc1)C(C(=O)Nc1ccc(Br)cc1)c1ccccc1. The van der Waals surface area contributed by atoms with Gasteiger partial charge in [-0.2, -0.15) is 0 Å². The van der Waals surface area contributed by atoms with Crippen LogP contribution in [0.3, 0.4) is 0 Å². The number of carbonyl (C=O) groups is 2. The fourth-order valence-electron chi connectivity index (χ4n) is 2.56. The summed E-state index contributed by atoms with van der Waals surface area (Å²) in [5, 5.41) is 5.63. The van der Waals surface area contributed by atoms with Gasteiger partial charge in [0.25, 0.3) is 0 Å². The molecule has 4 nitrogen and oxygen atoms in total. The quantitative estimate of drug-likeness (QED) is 0.462. The van der Waals surface area contributed by atoms with E-state index in [1.165, 1.54) is 0 Å². The fourth-order valence-corrected chi connectivity index (χ4v) is 3.09. The number of benzene rings is 3. The van der Waals surface area contributed by atoms with Crippen LogP contribution in [0.25, 0.3) is 0 Å². The van der Waals surface area contributed by atoms with Gasteiger partial charge in [-0.15, -0.1) is 0 Å². The van der Waals surface area contributed by atoms with Gasteiger partial charge in [0.1, 0.15) is 5.92 Å². The molecule has 2 amide bonds. The van der Waals surface area contributed by atoms with Crippen LogP contribution in [0.4, 0.5) is 11.4 Å². The number of nitrogens with one attached hydrogen (secondary N) is 2. The van der Waals surface area contributed by atoms with Crippen LogP contribution in [-0.4, -0.2) is 11.8 Å². The van der Waals surface area contributed by atoms with E-state index in [0.717, 1.165) is 8.95 Å². The summed E-state index contributed by atoms with van der Waals surface area (Å²) < 4.78 is 1.82. The van der Waals surface area contributed by atoms with Crippen LogP contribution in [0.5, 0.6) is 0 Å². The van der Waals surface area contributed by atoms with E-state index in [4.69, 9.17) is 0 Å². The third-order valence-electron chi connectivity index (χ3n) is 3.88. The summed E-state index contributed by atoms with van der Waals surface area (Å²) in [6, 6.07) is 23.4. The Morgan fingerprint density at radius 2 is 1.04 bits per heavy atom. The van der Waals surface area contributed by atoms with Gasteiger partial charge in [-0.25, -0.2) is 0 Å². The van der Waals surface area contributed by atoms with Crippen LogP contribution >= 0.6 is 31.9 Å². The van der Waals surface area contributed by atoms with E-state index in [-0.39, 0.29) is 0 Å². The Kier molecular flexibility index (Phi) is 6.42. The topological polar surface area (TPSA) is 58.2 Å². The molecular formula is C21H16Br2N2O2. The molecule has 0 bridgehead atoms. The molecule has 0 aliphatic rings. The molecule has 27 heavy (non-hydrogen) atoms. The zero-order chi connectivity index (χ0) is 19.2. The van der Waals surface area contributed by atoms with Crippen molar-refractivity contribution >= 4 is 55.0 Å². The highest BCUT2D eigenvalue weighted by Gasteiger charge is 2.28.